The monoisotopic (exact) mass is 402 g/mol. The Kier molecular flexibility index (Phi) is 6.36. The van der Waals surface area contributed by atoms with Gasteiger partial charge in [0.15, 0.2) is 6.61 Å². The maximum atomic E-state index is 12.6. The second-order valence-electron chi connectivity index (χ2n) is 7.67. The van der Waals surface area contributed by atoms with Gasteiger partial charge in [0.1, 0.15) is 4.88 Å². The van der Waals surface area contributed by atoms with Crippen LogP contribution >= 0.6 is 11.3 Å². The molecule has 7 heteroatoms. The van der Waals surface area contributed by atoms with E-state index >= 15 is 0 Å². The largest absolute Gasteiger partial charge is 0.451 e. The molecular weight excluding hydrogens is 376 g/mol. The van der Waals surface area contributed by atoms with Crippen LogP contribution in [0.25, 0.3) is 11.1 Å². The van der Waals surface area contributed by atoms with E-state index in [0.717, 1.165) is 29.2 Å². The molecule has 2 aromatic rings. The molecule has 1 amide bonds. The molecule has 1 aliphatic heterocycles. The van der Waals surface area contributed by atoms with Crippen LogP contribution in [0.4, 0.5) is 5.00 Å². The summed E-state index contributed by atoms with van der Waals surface area (Å²) >= 11 is 1.40. The highest BCUT2D eigenvalue weighted by atomic mass is 32.1. The zero-order valence-electron chi connectivity index (χ0n) is 16.5. The SMILES string of the molecule is CC(C)(C)NC(=O)COC(=O)c1cc(-c2ccccc2)c(N2CCOCC2)s1. The third-order valence-electron chi connectivity index (χ3n) is 4.15. The van der Waals surface area contributed by atoms with Crippen molar-refractivity contribution in [2.45, 2.75) is 26.3 Å². The molecule has 0 bridgehead atoms. The van der Waals surface area contributed by atoms with E-state index in [4.69, 9.17) is 9.47 Å². The first-order chi connectivity index (χ1) is 13.3. The number of esters is 1. The first-order valence-electron chi connectivity index (χ1n) is 9.33. The minimum atomic E-state index is -0.481. The molecule has 1 aromatic heterocycles. The van der Waals surface area contributed by atoms with Gasteiger partial charge in [-0.1, -0.05) is 30.3 Å². The van der Waals surface area contributed by atoms with Crippen molar-refractivity contribution in [1.29, 1.82) is 0 Å². The fourth-order valence-corrected chi connectivity index (χ4v) is 4.09. The molecule has 2 heterocycles. The highest BCUT2D eigenvalue weighted by Crippen LogP contribution is 2.39. The van der Waals surface area contributed by atoms with E-state index in [-0.39, 0.29) is 18.1 Å². The molecule has 1 saturated heterocycles. The van der Waals surface area contributed by atoms with E-state index in [1.165, 1.54) is 11.3 Å². The number of amides is 1. The van der Waals surface area contributed by atoms with Gasteiger partial charge in [0.05, 0.1) is 18.2 Å². The fraction of sp³-hybridized carbons (Fsp3) is 0.429. The summed E-state index contributed by atoms with van der Waals surface area (Å²) in [6.07, 6.45) is 0. The third kappa shape index (κ3) is 5.33. The lowest BCUT2D eigenvalue weighted by atomic mass is 10.1. The Bertz CT molecular complexity index is 821. The first-order valence-corrected chi connectivity index (χ1v) is 10.2. The lowest BCUT2D eigenvalue weighted by Gasteiger charge is -2.28. The summed E-state index contributed by atoms with van der Waals surface area (Å²) in [5, 5.41) is 3.81. The van der Waals surface area contributed by atoms with Crippen molar-refractivity contribution in [2.24, 2.45) is 0 Å². The molecule has 0 atom stereocenters. The Morgan fingerprint density at radius 3 is 2.50 bits per heavy atom. The van der Waals surface area contributed by atoms with E-state index in [0.29, 0.717) is 18.1 Å². The van der Waals surface area contributed by atoms with E-state index in [1.54, 1.807) is 0 Å². The van der Waals surface area contributed by atoms with Crippen molar-refractivity contribution >= 4 is 28.2 Å². The summed E-state index contributed by atoms with van der Waals surface area (Å²) in [5.41, 5.74) is 1.68. The van der Waals surface area contributed by atoms with Crippen LogP contribution in [0.5, 0.6) is 0 Å². The van der Waals surface area contributed by atoms with Crippen molar-refractivity contribution < 1.29 is 19.1 Å². The van der Waals surface area contributed by atoms with Crippen molar-refractivity contribution in [2.75, 3.05) is 37.8 Å². The van der Waals surface area contributed by atoms with E-state index < -0.39 is 5.97 Å². The van der Waals surface area contributed by atoms with Crippen LogP contribution in [0.1, 0.15) is 30.4 Å². The Morgan fingerprint density at radius 1 is 1.18 bits per heavy atom. The summed E-state index contributed by atoms with van der Waals surface area (Å²) in [7, 11) is 0. The highest BCUT2D eigenvalue weighted by molar-refractivity contribution is 7.18. The van der Waals surface area contributed by atoms with Gasteiger partial charge in [0, 0.05) is 24.2 Å². The van der Waals surface area contributed by atoms with Crippen LogP contribution in [0.15, 0.2) is 36.4 Å². The number of carbonyl (C=O) groups is 2. The Balaban J connectivity index is 1.78. The van der Waals surface area contributed by atoms with Crippen LogP contribution in [0.2, 0.25) is 0 Å². The molecule has 1 fully saturated rings. The van der Waals surface area contributed by atoms with Crippen molar-refractivity contribution in [1.82, 2.24) is 5.32 Å². The lowest BCUT2D eigenvalue weighted by molar-refractivity contribution is -0.125. The normalized spacial score (nSPS) is 14.6. The van der Waals surface area contributed by atoms with Crippen LogP contribution in [-0.4, -0.2) is 50.3 Å². The van der Waals surface area contributed by atoms with Gasteiger partial charge >= 0.3 is 5.97 Å². The average Bonchev–Trinajstić information content (AvgIpc) is 3.12. The molecule has 1 aliphatic rings. The quantitative estimate of drug-likeness (QED) is 0.777. The number of anilines is 1. The van der Waals surface area contributed by atoms with Gasteiger partial charge in [-0.2, -0.15) is 0 Å². The van der Waals surface area contributed by atoms with Gasteiger partial charge < -0.3 is 19.7 Å². The maximum Gasteiger partial charge on any atom is 0.348 e. The Labute approximate surface area is 169 Å². The number of nitrogens with one attached hydrogen (secondary N) is 1. The molecule has 28 heavy (non-hydrogen) atoms. The van der Waals surface area contributed by atoms with Gasteiger partial charge in [-0.15, -0.1) is 11.3 Å². The molecular formula is C21H26N2O4S. The van der Waals surface area contributed by atoms with E-state index in [2.05, 4.69) is 10.2 Å². The van der Waals surface area contributed by atoms with Gasteiger partial charge in [0.2, 0.25) is 0 Å². The zero-order chi connectivity index (χ0) is 20.1. The summed E-state index contributed by atoms with van der Waals surface area (Å²) in [6, 6.07) is 11.8. The van der Waals surface area contributed by atoms with Crippen molar-refractivity contribution in [3.8, 4) is 11.1 Å². The molecule has 1 N–H and O–H groups in total. The minimum absolute atomic E-state index is 0.290. The van der Waals surface area contributed by atoms with Gasteiger partial charge in [0.25, 0.3) is 5.91 Å². The number of ether oxygens (including phenoxy) is 2. The summed E-state index contributed by atoms with van der Waals surface area (Å²) < 4.78 is 10.7. The van der Waals surface area contributed by atoms with Crippen LogP contribution in [0, 0.1) is 0 Å². The standard InChI is InChI=1S/C21H26N2O4S/c1-21(2,3)22-18(24)14-27-20(25)17-13-16(15-7-5-4-6-8-15)19(28-17)23-9-11-26-12-10-23/h4-8,13H,9-12,14H2,1-3H3,(H,22,24). The Morgan fingerprint density at radius 2 is 1.86 bits per heavy atom. The summed E-state index contributed by atoms with van der Waals surface area (Å²) in [6.45, 7) is 8.25. The molecule has 0 aliphatic carbocycles. The number of carbonyl (C=O) groups excluding carboxylic acids is 2. The molecule has 0 radical (unpaired) electrons. The fourth-order valence-electron chi connectivity index (χ4n) is 2.96. The second kappa shape index (κ2) is 8.75. The predicted octanol–water partition coefficient (Wildman–Crippen LogP) is 3.32. The molecule has 0 unspecified atom stereocenters. The van der Waals surface area contributed by atoms with Crippen molar-refractivity contribution in [3.05, 3.63) is 41.3 Å². The summed E-state index contributed by atoms with van der Waals surface area (Å²) in [4.78, 5) is 27.2. The number of thiophene rings is 1. The average molecular weight is 403 g/mol. The van der Waals surface area contributed by atoms with Gasteiger partial charge in [-0.25, -0.2) is 4.79 Å². The predicted molar refractivity (Wildman–Crippen MR) is 111 cm³/mol. The number of rotatable bonds is 5. The lowest BCUT2D eigenvalue weighted by Crippen LogP contribution is -2.42. The smallest absolute Gasteiger partial charge is 0.348 e. The number of morpholine rings is 1. The van der Waals surface area contributed by atoms with Crippen molar-refractivity contribution in [3.63, 3.8) is 0 Å². The number of nitrogens with zero attached hydrogens (tertiary/aromatic N) is 1. The zero-order valence-corrected chi connectivity index (χ0v) is 17.3. The topological polar surface area (TPSA) is 67.9 Å². The van der Waals surface area contributed by atoms with Gasteiger partial charge in [-0.05, 0) is 32.4 Å². The molecule has 0 saturated carbocycles. The number of hydrogen-bond acceptors (Lipinski definition) is 6. The minimum Gasteiger partial charge on any atom is -0.451 e. The van der Waals surface area contributed by atoms with Crippen LogP contribution < -0.4 is 10.2 Å². The van der Waals surface area contributed by atoms with Gasteiger partial charge in [-0.3, -0.25) is 4.79 Å². The first kappa shape index (κ1) is 20.4. The molecule has 150 valence electrons. The summed E-state index contributed by atoms with van der Waals surface area (Å²) in [5.74, 6) is -0.792. The van der Waals surface area contributed by atoms with Crippen LogP contribution in [0.3, 0.4) is 0 Å². The third-order valence-corrected chi connectivity index (χ3v) is 5.32. The van der Waals surface area contributed by atoms with E-state index in [9.17, 15) is 9.59 Å². The number of hydrogen-bond donors (Lipinski definition) is 1. The molecule has 1 aromatic carbocycles. The maximum absolute atomic E-state index is 12.6. The molecule has 0 spiro atoms. The highest BCUT2D eigenvalue weighted by Gasteiger charge is 2.23. The second-order valence-corrected chi connectivity index (χ2v) is 8.70. The van der Waals surface area contributed by atoms with E-state index in [1.807, 2.05) is 57.2 Å². The molecule has 3 rings (SSSR count). The number of benzene rings is 1. The Hall–Kier alpha value is -2.38. The molecule has 6 nitrogen and oxygen atoms in total. The van der Waals surface area contributed by atoms with Crippen LogP contribution in [-0.2, 0) is 14.3 Å².